The van der Waals surface area contributed by atoms with E-state index in [0.717, 1.165) is 57.1 Å². The monoisotopic (exact) mass is 299 g/mol. The van der Waals surface area contributed by atoms with Crippen molar-refractivity contribution in [1.82, 2.24) is 15.0 Å². The largest absolute Gasteiger partial charge is 0.361 e. The fourth-order valence-electron chi connectivity index (χ4n) is 3.05. The summed E-state index contributed by atoms with van der Waals surface area (Å²) in [6.07, 6.45) is 1.14. The van der Waals surface area contributed by atoms with E-state index in [1.54, 1.807) is 0 Å². The summed E-state index contributed by atoms with van der Waals surface area (Å²) in [7, 11) is 0. The number of aryl methyl sites for hydroxylation is 2. The van der Waals surface area contributed by atoms with Crippen LogP contribution in [0, 0.1) is 13.8 Å². The molecule has 118 valence electrons. The van der Waals surface area contributed by atoms with Crippen molar-refractivity contribution < 1.29 is 4.52 Å². The highest BCUT2D eigenvalue weighted by Crippen LogP contribution is 2.16. The van der Waals surface area contributed by atoms with Gasteiger partial charge < -0.3 is 9.42 Å². The van der Waals surface area contributed by atoms with Gasteiger partial charge in [0.2, 0.25) is 0 Å². The molecule has 2 aromatic rings. The molecule has 0 radical (unpaired) electrons. The SMILES string of the molecule is Cc1noc(C)c1CN1CCN(CCc2ccccc2)CC1. The molecule has 1 aromatic carbocycles. The van der Waals surface area contributed by atoms with Crippen LogP contribution in [0.25, 0.3) is 0 Å². The Morgan fingerprint density at radius 1 is 1.00 bits per heavy atom. The Bertz CT molecular complexity index is 566. The Kier molecular flexibility index (Phi) is 4.90. The zero-order valence-electron chi connectivity index (χ0n) is 13.6. The Morgan fingerprint density at radius 3 is 2.32 bits per heavy atom. The Morgan fingerprint density at radius 2 is 1.68 bits per heavy atom. The Labute approximate surface area is 132 Å². The number of rotatable bonds is 5. The first-order valence-electron chi connectivity index (χ1n) is 8.13. The van der Waals surface area contributed by atoms with Crippen LogP contribution in [0.2, 0.25) is 0 Å². The van der Waals surface area contributed by atoms with Gasteiger partial charge in [-0.3, -0.25) is 4.90 Å². The van der Waals surface area contributed by atoms with Gasteiger partial charge in [0.25, 0.3) is 0 Å². The first-order valence-corrected chi connectivity index (χ1v) is 8.13. The molecule has 1 aliphatic heterocycles. The van der Waals surface area contributed by atoms with Crippen molar-refractivity contribution in [1.29, 1.82) is 0 Å². The number of hydrogen-bond donors (Lipinski definition) is 0. The minimum Gasteiger partial charge on any atom is -0.361 e. The average molecular weight is 299 g/mol. The van der Waals surface area contributed by atoms with E-state index >= 15 is 0 Å². The Balaban J connectivity index is 1.44. The highest BCUT2D eigenvalue weighted by Gasteiger charge is 2.19. The first kappa shape index (κ1) is 15.3. The van der Waals surface area contributed by atoms with Crippen LogP contribution in [0.3, 0.4) is 0 Å². The number of piperazine rings is 1. The number of hydrogen-bond acceptors (Lipinski definition) is 4. The van der Waals surface area contributed by atoms with Crippen molar-refractivity contribution in [2.75, 3.05) is 32.7 Å². The van der Waals surface area contributed by atoms with Crippen molar-refractivity contribution in [2.45, 2.75) is 26.8 Å². The fourth-order valence-corrected chi connectivity index (χ4v) is 3.05. The predicted octanol–water partition coefficient (Wildman–Crippen LogP) is 2.65. The molecule has 0 atom stereocenters. The lowest BCUT2D eigenvalue weighted by molar-refractivity contribution is 0.127. The van der Waals surface area contributed by atoms with Gasteiger partial charge in [0.15, 0.2) is 0 Å². The molecule has 1 fully saturated rings. The van der Waals surface area contributed by atoms with E-state index in [2.05, 4.69) is 45.3 Å². The third-order valence-electron chi connectivity index (χ3n) is 4.59. The fraction of sp³-hybridized carbons (Fsp3) is 0.500. The Hall–Kier alpha value is -1.65. The molecule has 1 saturated heterocycles. The molecule has 0 saturated carbocycles. The van der Waals surface area contributed by atoms with Crippen LogP contribution < -0.4 is 0 Å². The summed E-state index contributed by atoms with van der Waals surface area (Å²) in [5.74, 6) is 0.962. The normalized spacial score (nSPS) is 17.0. The molecule has 4 nitrogen and oxygen atoms in total. The number of aromatic nitrogens is 1. The molecule has 4 heteroatoms. The van der Waals surface area contributed by atoms with Gasteiger partial charge in [-0.1, -0.05) is 35.5 Å². The van der Waals surface area contributed by atoms with Gasteiger partial charge in [0, 0.05) is 44.8 Å². The summed E-state index contributed by atoms with van der Waals surface area (Å²) in [6.45, 7) is 10.7. The quantitative estimate of drug-likeness (QED) is 0.849. The summed E-state index contributed by atoms with van der Waals surface area (Å²) < 4.78 is 5.26. The number of nitrogens with zero attached hydrogens (tertiary/aromatic N) is 3. The van der Waals surface area contributed by atoms with Gasteiger partial charge in [0.1, 0.15) is 5.76 Å². The third kappa shape index (κ3) is 3.76. The average Bonchev–Trinajstić information content (AvgIpc) is 2.87. The van der Waals surface area contributed by atoms with Gasteiger partial charge in [-0.05, 0) is 25.8 Å². The van der Waals surface area contributed by atoms with E-state index in [1.807, 2.05) is 13.8 Å². The molecule has 1 aliphatic rings. The minimum atomic E-state index is 0.962. The molecular formula is C18H25N3O. The second-order valence-corrected chi connectivity index (χ2v) is 6.16. The molecule has 2 heterocycles. The zero-order chi connectivity index (χ0) is 15.4. The van der Waals surface area contributed by atoms with Crippen LogP contribution in [-0.4, -0.2) is 47.7 Å². The number of benzene rings is 1. The van der Waals surface area contributed by atoms with Crippen molar-refractivity contribution in [3.63, 3.8) is 0 Å². The lowest BCUT2D eigenvalue weighted by Gasteiger charge is -2.34. The first-order chi connectivity index (χ1) is 10.7. The molecule has 0 N–H and O–H groups in total. The lowest BCUT2D eigenvalue weighted by atomic mass is 10.1. The maximum atomic E-state index is 5.26. The molecule has 0 bridgehead atoms. The zero-order valence-corrected chi connectivity index (χ0v) is 13.6. The van der Waals surface area contributed by atoms with Crippen LogP contribution in [0.4, 0.5) is 0 Å². The second kappa shape index (κ2) is 7.07. The van der Waals surface area contributed by atoms with Crippen LogP contribution in [0.15, 0.2) is 34.9 Å². The maximum Gasteiger partial charge on any atom is 0.138 e. The van der Waals surface area contributed by atoms with Crippen molar-refractivity contribution >= 4 is 0 Å². The van der Waals surface area contributed by atoms with E-state index < -0.39 is 0 Å². The van der Waals surface area contributed by atoms with Gasteiger partial charge in [-0.15, -0.1) is 0 Å². The van der Waals surface area contributed by atoms with E-state index in [0.29, 0.717) is 0 Å². The highest BCUT2D eigenvalue weighted by molar-refractivity contribution is 5.20. The summed E-state index contributed by atoms with van der Waals surface area (Å²) in [5, 5.41) is 4.05. The maximum absolute atomic E-state index is 5.26. The van der Waals surface area contributed by atoms with Crippen molar-refractivity contribution in [3.8, 4) is 0 Å². The molecule has 3 rings (SSSR count). The summed E-state index contributed by atoms with van der Waals surface area (Å²) in [5.41, 5.74) is 3.72. The molecule has 0 amide bonds. The van der Waals surface area contributed by atoms with E-state index in [4.69, 9.17) is 4.52 Å². The molecule has 1 aromatic heterocycles. The minimum absolute atomic E-state index is 0.962. The molecule has 0 spiro atoms. The van der Waals surface area contributed by atoms with Crippen LogP contribution in [-0.2, 0) is 13.0 Å². The van der Waals surface area contributed by atoms with Crippen LogP contribution >= 0.6 is 0 Å². The molecular weight excluding hydrogens is 274 g/mol. The van der Waals surface area contributed by atoms with Crippen LogP contribution in [0.5, 0.6) is 0 Å². The second-order valence-electron chi connectivity index (χ2n) is 6.16. The van der Waals surface area contributed by atoms with E-state index in [-0.39, 0.29) is 0 Å². The lowest BCUT2D eigenvalue weighted by Crippen LogP contribution is -2.46. The molecule has 0 aliphatic carbocycles. The van der Waals surface area contributed by atoms with Gasteiger partial charge in [-0.2, -0.15) is 0 Å². The smallest absolute Gasteiger partial charge is 0.138 e. The van der Waals surface area contributed by atoms with Gasteiger partial charge >= 0.3 is 0 Å². The van der Waals surface area contributed by atoms with Gasteiger partial charge in [-0.25, -0.2) is 0 Å². The van der Waals surface area contributed by atoms with Crippen molar-refractivity contribution in [2.24, 2.45) is 0 Å². The van der Waals surface area contributed by atoms with E-state index in [1.165, 1.54) is 11.1 Å². The summed E-state index contributed by atoms with van der Waals surface area (Å²) in [4.78, 5) is 5.07. The van der Waals surface area contributed by atoms with Crippen LogP contribution in [0.1, 0.15) is 22.6 Å². The summed E-state index contributed by atoms with van der Waals surface area (Å²) in [6, 6.07) is 10.8. The van der Waals surface area contributed by atoms with Gasteiger partial charge in [0.05, 0.1) is 5.69 Å². The van der Waals surface area contributed by atoms with Crippen molar-refractivity contribution in [3.05, 3.63) is 52.9 Å². The van der Waals surface area contributed by atoms with E-state index in [9.17, 15) is 0 Å². The molecule has 0 unspecified atom stereocenters. The summed E-state index contributed by atoms with van der Waals surface area (Å²) >= 11 is 0. The standard InChI is InChI=1S/C18H25N3O/c1-15-18(16(2)22-19-15)14-21-12-10-20(11-13-21)9-8-17-6-4-3-5-7-17/h3-7H,8-14H2,1-2H3. The highest BCUT2D eigenvalue weighted by atomic mass is 16.5. The predicted molar refractivity (Wildman–Crippen MR) is 87.8 cm³/mol. The third-order valence-corrected chi connectivity index (χ3v) is 4.59. The molecule has 22 heavy (non-hydrogen) atoms. The topological polar surface area (TPSA) is 32.5 Å².